The van der Waals surface area contributed by atoms with Crippen molar-refractivity contribution in [2.45, 2.75) is 0 Å². The zero-order valence-corrected chi connectivity index (χ0v) is 7.45. The van der Waals surface area contributed by atoms with E-state index in [1.807, 2.05) is 0 Å². The summed E-state index contributed by atoms with van der Waals surface area (Å²) in [5.41, 5.74) is 4.65. The summed E-state index contributed by atoms with van der Waals surface area (Å²) in [7, 11) is 0. The smallest absolute Gasteiger partial charge is 0.152 e. The van der Waals surface area contributed by atoms with Crippen molar-refractivity contribution in [2.75, 3.05) is 25.5 Å². The maximum atomic E-state index is 3.35. The zero-order chi connectivity index (χ0) is 7.97. The number of hydrazine groups is 2. The third kappa shape index (κ3) is 0.825. The Balaban J connectivity index is 1.94. The lowest BCUT2D eigenvalue weighted by Gasteiger charge is -2.27. The van der Waals surface area contributed by atoms with Gasteiger partial charge in [0.25, 0.3) is 0 Å². The molecule has 6 heteroatoms. The Bertz CT molecular complexity index is 240. The van der Waals surface area contributed by atoms with E-state index in [0.29, 0.717) is 0 Å². The number of nitrogens with zero attached hydrogens (tertiary/aromatic N) is 2. The van der Waals surface area contributed by atoms with Gasteiger partial charge in [-0.1, -0.05) is 0 Å². The van der Waals surface area contributed by atoms with Gasteiger partial charge in [-0.05, 0) is 11.9 Å². The van der Waals surface area contributed by atoms with Gasteiger partial charge in [0.15, 0.2) is 5.82 Å². The molecule has 0 amide bonds. The molecule has 3 heterocycles. The molecule has 0 bridgehead atoms. The first-order valence-electron chi connectivity index (χ1n) is 4.10. The van der Waals surface area contributed by atoms with Crippen LogP contribution >= 0.6 is 11.9 Å². The lowest BCUT2D eigenvalue weighted by atomic mass is 10.3. The highest BCUT2D eigenvalue weighted by molar-refractivity contribution is 7.97. The van der Waals surface area contributed by atoms with E-state index in [4.69, 9.17) is 0 Å². The monoisotopic (exact) mass is 185 g/mol. The van der Waals surface area contributed by atoms with Crippen LogP contribution in [0.3, 0.4) is 0 Å². The van der Waals surface area contributed by atoms with Gasteiger partial charge < -0.3 is 10.6 Å². The van der Waals surface area contributed by atoms with Crippen molar-refractivity contribution < 1.29 is 0 Å². The summed E-state index contributed by atoms with van der Waals surface area (Å²) < 4.78 is 2.10. The normalized spacial score (nSPS) is 27.3. The first-order chi connectivity index (χ1) is 5.95. The van der Waals surface area contributed by atoms with Crippen LogP contribution in [0.1, 0.15) is 0 Å². The number of piperazine rings is 1. The fraction of sp³-hybridized carbons (Fsp3) is 0.667. The van der Waals surface area contributed by atoms with Crippen LogP contribution in [0.4, 0.5) is 0 Å². The summed E-state index contributed by atoms with van der Waals surface area (Å²) in [4.78, 5) is 0. The van der Waals surface area contributed by atoms with Crippen LogP contribution in [0, 0.1) is 0 Å². The molecule has 3 aliphatic rings. The Labute approximate surface area is 75.2 Å². The average molecular weight is 185 g/mol. The molecule has 66 valence electrons. The van der Waals surface area contributed by atoms with E-state index < -0.39 is 0 Å². The molecule has 3 N–H and O–H groups in total. The second-order valence-corrected chi connectivity index (χ2v) is 3.88. The molecule has 0 atom stereocenters. The van der Waals surface area contributed by atoms with Gasteiger partial charge in [0.1, 0.15) is 0 Å². The van der Waals surface area contributed by atoms with Gasteiger partial charge in [0, 0.05) is 19.6 Å². The molecular formula is C6H11N5S. The molecule has 3 rings (SSSR count). The largest absolute Gasteiger partial charge is 0.357 e. The summed E-state index contributed by atoms with van der Waals surface area (Å²) in [5, 5.41) is 8.89. The van der Waals surface area contributed by atoms with Crippen molar-refractivity contribution in [3.05, 3.63) is 11.5 Å². The third-order valence-corrected chi connectivity index (χ3v) is 3.05. The molecule has 0 aromatic rings. The van der Waals surface area contributed by atoms with Crippen molar-refractivity contribution in [2.24, 2.45) is 0 Å². The predicted octanol–water partition coefficient (Wildman–Crippen LogP) is -0.995. The maximum Gasteiger partial charge on any atom is 0.152 e. The molecule has 0 aliphatic carbocycles. The summed E-state index contributed by atoms with van der Waals surface area (Å²) in [5.74, 6) is 2.20. The van der Waals surface area contributed by atoms with E-state index in [2.05, 4.69) is 25.6 Å². The molecule has 0 aromatic carbocycles. The SMILES string of the molecule is C1CN2NN3SCNC3=C2CN1. The first kappa shape index (κ1) is 6.88. The Morgan fingerprint density at radius 2 is 2.42 bits per heavy atom. The van der Waals surface area contributed by atoms with E-state index in [1.54, 1.807) is 11.9 Å². The number of fused-ring (bicyclic) bond motifs is 2. The van der Waals surface area contributed by atoms with Crippen LogP contribution in [-0.4, -0.2) is 34.9 Å². The Morgan fingerprint density at radius 3 is 3.42 bits per heavy atom. The van der Waals surface area contributed by atoms with E-state index in [9.17, 15) is 0 Å². The van der Waals surface area contributed by atoms with E-state index in [0.717, 1.165) is 25.5 Å². The van der Waals surface area contributed by atoms with E-state index >= 15 is 0 Å². The minimum atomic E-state index is 0.965. The number of hydrogen-bond acceptors (Lipinski definition) is 6. The van der Waals surface area contributed by atoms with Gasteiger partial charge in [0.2, 0.25) is 0 Å². The van der Waals surface area contributed by atoms with Crippen LogP contribution in [0.2, 0.25) is 0 Å². The van der Waals surface area contributed by atoms with Gasteiger partial charge in [-0.2, -0.15) is 0 Å². The summed E-state index contributed by atoms with van der Waals surface area (Å²) >= 11 is 1.76. The summed E-state index contributed by atoms with van der Waals surface area (Å²) in [6, 6.07) is 0. The van der Waals surface area contributed by atoms with Crippen LogP contribution < -0.4 is 16.2 Å². The number of nitrogens with one attached hydrogen (secondary N) is 3. The van der Waals surface area contributed by atoms with Crippen molar-refractivity contribution >= 4 is 11.9 Å². The van der Waals surface area contributed by atoms with E-state index in [-0.39, 0.29) is 0 Å². The number of rotatable bonds is 0. The van der Waals surface area contributed by atoms with Crippen molar-refractivity contribution in [1.82, 2.24) is 25.6 Å². The second kappa shape index (κ2) is 2.45. The minimum absolute atomic E-state index is 0.965. The van der Waals surface area contributed by atoms with Crippen molar-refractivity contribution in [3.63, 3.8) is 0 Å². The number of hydrogen-bond donors (Lipinski definition) is 3. The van der Waals surface area contributed by atoms with Crippen LogP contribution in [0.15, 0.2) is 11.5 Å². The molecule has 0 saturated carbocycles. The highest BCUT2D eigenvalue weighted by Crippen LogP contribution is 2.29. The molecule has 3 aliphatic heterocycles. The Hall–Kier alpha value is -0.590. The van der Waals surface area contributed by atoms with Gasteiger partial charge in [-0.15, -0.1) is 5.53 Å². The fourth-order valence-corrected chi connectivity index (χ4v) is 2.44. The molecule has 0 spiro atoms. The predicted molar refractivity (Wildman–Crippen MR) is 47.2 cm³/mol. The highest BCUT2D eigenvalue weighted by atomic mass is 32.2. The van der Waals surface area contributed by atoms with Gasteiger partial charge >= 0.3 is 0 Å². The lowest BCUT2D eigenvalue weighted by Crippen LogP contribution is -2.46. The standard InChI is InChI=1S/C6H11N5S/c1-2-10-5(3-7-1)6-8-4-12-11(6)9-10/h7-9H,1-4H2. The van der Waals surface area contributed by atoms with Gasteiger partial charge in [-0.3, -0.25) is 5.01 Å². The van der Waals surface area contributed by atoms with Crippen molar-refractivity contribution in [1.29, 1.82) is 0 Å². The maximum absolute atomic E-state index is 3.35. The summed E-state index contributed by atoms with van der Waals surface area (Å²) in [6.45, 7) is 3.06. The van der Waals surface area contributed by atoms with Gasteiger partial charge in [-0.25, -0.2) is 4.41 Å². The molecule has 0 unspecified atom stereocenters. The Morgan fingerprint density at radius 1 is 1.42 bits per heavy atom. The topological polar surface area (TPSA) is 42.6 Å². The zero-order valence-electron chi connectivity index (χ0n) is 6.63. The fourth-order valence-electron chi connectivity index (χ4n) is 1.66. The molecule has 12 heavy (non-hydrogen) atoms. The van der Waals surface area contributed by atoms with Crippen LogP contribution in [0.25, 0.3) is 0 Å². The summed E-state index contributed by atoms with van der Waals surface area (Å²) in [6.07, 6.45) is 0. The molecule has 0 radical (unpaired) electrons. The lowest BCUT2D eigenvalue weighted by molar-refractivity contribution is 0.179. The minimum Gasteiger partial charge on any atom is -0.357 e. The molecular weight excluding hydrogens is 174 g/mol. The van der Waals surface area contributed by atoms with Crippen molar-refractivity contribution in [3.8, 4) is 0 Å². The first-order valence-corrected chi connectivity index (χ1v) is 5.04. The quantitative estimate of drug-likeness (QED) is 0.421. The van der Waals surface area contributed by atoms with Crippen LogP contribution in [0.5, 0.6) is 0 Å². The highest BCUT2D eigenvalue weighted by Gasteiger charge is 2.33. The third-order valence-electron chi connectivity index (χ3n) is 2.25. The van der Waals surface area contributed by atoms with Crippen LogP contribution in [-0.2, 0) is 0 Å². The molecule has 0 aromatic heterocycles. The average Bonchev–Trinajstić information content (AvgIpc) is 2.62. The Kier molecular flexibility index (Phi) is 1.40. The molecule has 2 saturated heterocycles. The molecule has 5 nitrogen and oxygen atoms in total. The second-order valence-electron chi connectivity index (χ2n) is 2.97. The van der Waals surface area contributed by atoms with E-state index in [1.165, 1.54) is 11.5 Å². The molecule has 2 fully saturated rings. The van der Waals surface area contributed by atoms with Gasteiger partial charge in [0.05, 0.1) is 11.6 Å².